The number of aryl methyl sites for hydroxylation is 1. The number of fused-ring (bicyclic) bond motifs is 2. The summed E-state index contributed by atoms with van der Waals surface area (Å²) in [6, 6.07) is 18.5. The molecule has 2 amide bonds. The molecule has 2 aliphatic heterocycles. The van der Waals surface area contributed by atoms with E-state index >= 15 is 0 Å². The molecule has 2 atom stereocenters. The number of carbonyl (C=O) groups excluding carboxylic acids is 2. The van der Waals surface area contributed by atoms with E-state index < -0.39 is 17.6 Å². The van der Waals surface area contributed by atoms with E-state index in [-0.39, 0.29) is 23.6 Å². The van der Waals surface area contributed by atoms with Gasteiger partial charge in [0.05, 0.1) is 11.6 Å². The van der Waals surface area contributed by atoms with E-state index in [1.165, 1.54) is 24.3 Å². The molecule has 0 radical (unpaired) electrons. The molecule has 0 aliphatic carbocycles. The third-order valence-corrected chi connectivity index (χ3v) is 7.98. The van der Waals surface area contributed by atoms with Gasteiger partial charge in [0.2, 0.25) is 5.91 Å². The normalized spacial score (nSPS) is 18.0. The molecule has 1 fully saturated rings. The summed E-state index contributed by atoms with van der Waals surface area (Å²) in [4.78, 5) is 27.9. The number of ether oxygens (including phenoxy) is 1. The first-order valence-corrected chi connectivity index (χ1v) is 13.4. The minimum absolute atomic E-state index is 0.0203. The average molecular weight is 534 g/mol. The second kappa shape index (κ2) is 11.1. The molecule has 0 aromatic heterocycles. The van der Waals surface area contributed by atoms with Crippen LogP contribution in [0.25, 0.3) is 0 Å². The maximum Gasteiger partial charge on any atom is 0.412 e. The number of hydrogen-bond acceptors (Lipinski definition) is 4. The third-order valence-electron chi connectivity index (χ3n) is 7.98. The van der Waals surface area contributed by atoms with Crippen molar-refractivity contribution >= 4 is 17.7 Å². The molecule has 2 unspecified atom stereocenters. The van der Waals surface area contributed by atoms with Crippen LogP contribution >= 0.6 is 0 Å². The highest BCUT2D eigenvalue weighted by Gasteiger charge is 2.45. The zero-order chi connectivity index (χ0) is 27.6. The topological polar surface area (TPSA) is 70.7 Å². The van der Waals surface area contributed by atoms with Gasteiger partial charge in [0.1, 0.15) is 17.2 Å². The van der Waals surface area contributed by atoms with E-state index in [1.807, 2.05) is 31.2 Å². The Kier molecular flexibility index (Phi) is 7.66. The van der Waals surface area contributed by atoms with Gasteiger partial charge in [0, 0.05) is 44.1 Å². The van der Waals surface area contributed by atoms with Gasteiger partial charge in [-0.25, -0.2) is 13.6 Å². The molecule has 2 heterocycles. The van der Waals surface area contributed by atoms with Gasteiger partial charge in [-0.05, 0) is 61.7 Å². The quantitative estimate of drug-likeness (QED) is 0.391. The number of likely N-dealkylation sites (tertiary alicyclic amines) is 1. The Hall–Kier alpha value is -3.78. The van der Waals surface area contributed by atoms with E-state index in [1.54, 1.807) is 18.2 Å². The van der Waals surface area contributed by atoms with E-state index in [0.717, 1.165) is 16.7 Å². The molecule has 1 saturated heterocycles. The van der Waals surface area contributed by atoms with Crippen molar-refractivity contribution in [1.29, 1.82) is 0 Å². The SMILES string of the molecule is Cc1ccc(CNC(=O)C(CC(C)N2CCC3(CC2)OC(=O)Nc2ccc(F)cc23)c2ccc(F)cc2)cc1. The second-order valence-corrected chi connectivity index (χ2v) is 10.6. The van der Waals surface area contributed by atoms with Gasteiger partial charge in [-0.1, -0.05) is 42.0 Å². The lowest BCUT2D eigenvalue weighted by Crippen LogP contribution is -2.50. The lowest BCUT2D eigenvalue weighted by atomic mass is 9.81. The summed E-state index contributed by atoms with van der Waals surface area (Å²) in [5, 5.41) is 5.72. The summed E-state index contributed by atoms with van der Waals surface area (Å²) in [5.74, 6) is -1.30. The molecule has 6 nitrogen and oxygen atoms in total. The van der Waals surface area contributed by atoms with Gasteiger partial charge in [0.15, 0.2) is 0 Å². The summed E-state index contributed by atoms with van der Waals surface area (Å²) in [5.41, 5.74) is 3.28. The van der Waals surface area contributed by atoms with Crippen molar-refractivity contribution in [3.63, 3.8) is 0 Å². The van der Waals surface area contributed by atoms with Gasteiger partial charge < -0.3 is 15.0 Å². The smallest absolute Gasteiger partial charge is 0.412 e. The molecule has 39 heavy (non-hydrogen) atoms. The minimum Gasteiger partial charge on any atom is -0.438 e. The molecule has 8 heteroatoms. The molecule has 0 bridgehead atoms. The van der Waals surface area contributed by atoms with Crippen LogP contribution in [0.15, 0.2) is 66.7 Å². The molecule has 2 aliphatic rings. The molecule has 2 N–H and O–H groups in total. The van der Waals surface area contributed by atoms with Gasteiger partial charge in [-0.3, -0.25) is 10.1 Å². The zero-order valence-electron chi connectivity index (χ0n) is 22.2. The number of halogens is 2. The van der Waals surface area contributed by atoms with Crippen LogP contribution in [0, 0.1) is 18.6 Å². The Morgan fingerprint density at radius 2 is 1.69 bits per heavy atom. The predicted molar refractivity (Wildman–Crippen MR) is 145 cm³/mol. The molecule has 204 valence electrons. The highest BCUT2D eigenvalue weighted by Crippen LogP contribution is 2.44. The number of anilines is 1. The number of piperidine rings is 1. The average Bonchev–Trinajstić information content (AvgIpc) is 2.92. The summed E-state index contributed by atoms with van der Waals surface area (Å²) in [6.45, 7) is 5.73. The minimum atomic E-state index is -0.877. The van der Waals surface area contributed by atoms with E-state index in [0.29, 0.717) is 50.1 Å². The van der Waals surface area contributed by atoms with Crippen LogP contribution in [0.4, 0.5) is 19.3 Å². The van der Waals surface area contributed by atoms with Crippen LogP contribution in [-0.4, -0.2) is 36.0 Å². The summed E-state index contributed by atoms with van der Waals surface area (Å²) in [7, 11) is 0. The Balaban J connectivity index is 1.28. The Bertz CT molecular complexity index is 1340. The van der Waals surface area contributed by atoms with Crippen molar-refractivity contribution in [2.45, 2.75) is 57.2 Å². The maximum absolute atomic E-state index is 14.1. The van der Waals surface area contributed by atoms with Crippen LogP contribution in [0.1, 0.15) is 54.4 Å². The van der Waals surface area contributed by atoms with Crippen LogP contribution in [0.3, 0.4) is 0 Å². The highest BCUT2D eigenvalue weighted by atomic mass is 19.1. The van der Waals surface area contributed by atoms with Crippen LogP contribution in [0.2, 0.25) is 0 Å². The zero-order valence-corrected chi connectivity index (χ0v) is 22.2. The van der Waals surface area contributed by atoms with Crippen molar-refractivity contribution in [3.05, 3.63) is 101 Å². The number of carbonyl (C=O) groups is 2. The van der Waals surface area contributed by atoms with E-state index in [4.69, 9.17) is 4.74 Å². The summed E-state index contributed by atoms with van der Waals surface area (Å²) >= 11 is 0. The molecule has 5 rings (SSSR count). The van der Waals surface area contributed by atoms with Gasteiger partial charge in [0.25, 0.3) is 0 Å². The lowest BCUT2D eigenvalue weighted by Gasteiger charge is -2.46. The molecular weight excluding hydrogens is 500 g/mol. The number of amides is 2. The molecule has 1 spiro atoms. The van der Waals surface area contributed by atoms with E-state index in [9.17, 15) is 18.4 Å². The fourth-order valence-corrected chi connectivity index (χ4v) is 5.67. The van der Waals surface area contributed by atoms with Crippen molar-refractivity contribution in [1.82, 2.24) is 10.2 Å². The van der Waals surface area contributed by atoms with Crippen LogP contribution in [-0.2, 0) is 21.7 Å². The van der Waals surface area contributed by atoms with Gasteiger partial charge >= 0.3 is 6.09 Å². The highest BCUT2D eigenvalue weighted by molar-refractivity contribution is 5.89. The van der Waals surface area contributed by atoms with Crippen molar-refractivity contribution in [2.24, 2.45) is 0 Å². The Morgan fingerprint density at radius 1 is 1.03 bits per heavy atom. The molecule has 0 saturated carbocycles. The predicted octanol–water partition coefficient (Wildman–Crippen LogP) is 6.01. The molecular formula is C31H33F2N3O3. The number of hydrogen-bond donors (Lipinski definition) is 2. The number of benzene rings is 3. The largest absolute Gasteiger partial charge is 0.438 e. The number of nitrogens with zero attached hydrogens (tertiary/aromatic N) is 1. The van der Waals surface area contributed by atoms with Gasteiger partial charge in [-0.2, -0.15) is 0 Å². The third kappa shape index (κ3) is 5.96. The fourth-order valence-electron chi connectivity index (χ4n) is 5.67. The summed E-state index contributed by atoms with van der Waals surface area (Å²) < 4.78 is 33.5. The van der Waals surface area contributed by atoms with Crippen LogP contribution < -0.4 is 10.6 Å². The fraction of sp³-hybridized carbons (Fsp3) is 0.355. The van der Waals surface area contributed by atoms with Crippen molar-refractivity contribution in [2.75, 3.05) is 18.4 Å². The Morgan fingerprint density at radius 3 is 2.38 bits per heavy atom. The van der Waals surface area contributed by atoms with Crippen molar-refractivity contribution in [3.8, 4) is 0 Å². The first-order chi connectivity index (χ1) is 18.7. The first-order valence-electron chi connectivity index (χ1n) is 13.4. The summed E-state index contributed by atoms with van der Waals surface area (Å²) in [6.07, 6.45) is 1.03. The lowest BCUT2D eigenvalue weighted by molar-refractivity contribution is -0.123. The molecule has 3 aromatic rings. The maximum atomic E-state index is 14.1. The van der Waals surface area contributed by atoms with Crippen LogP contribution in [0.5, 0.6) is 0 Å². The standard InChI is InChI=1S/C31H33F2N3O3/c1-20-3-5-22(6-4-20)19-34-29(37)26(23-7-9-24(32)10-8-23)17-21(2)36-15-13-31(14-16-36)27-18-25(33)11-12-28(27)35-30(38)39-31/h3-12,18,21,26H,13-17,19H2,1-2H3,(H,34,37)(H,35,38). The first kappa shape index (κ1) is 26.8. The van der Waals surface area contributed by atoms with Gasteiger partial charge in [-0.15, -0.1) is 0 Å². The number of nitrogens with one attached hydrogen (secondary N) is 2. The van der Waals surface area contributed by atoms with Crippen molar-refractivity contribution < 1.29 is 23.1 Å². The second-order valence-electron chi connectivity index (χ2n) is 10.6. The monoisotopic (exact) mass is 533 g/mol. The van der Waals surface area contributed by atoms with E-state index in [2.05, 4.69) is 22.5 Å². The number of rotatable bonds is 7. The Labute approximate surface area is 227 Å². The molecule has 3 aromatic carbocycles.